The third kappa shape index (κ3) is 3.04. The van der Waals surface area contributed by atoms with E-state index in [1.807, 2.05) is 6.92 Å². The van der Waals surface area contributed by atoms with Crippen LogP contribution in [-0.4, -0.2) is 40.2 Å². The highest BCUT2D eigenvalue weighted by Gasteiger charge is 2.28. The van der Waals surface area contributed by atoms with E-state index in [0.29, 0.717) is 23.9 Å². The van der Waals surface area contributed by atoms with Gasteiger partial charge in [0.2, 0.25) is 5.89 Å². The molecule has 96 valence electrons. The van der Waals surface area contributed by atoms with Crippen LogP contribution >= 0.6 is 0 Å². The van der Waals surface area contributed by atoms with Crippen molar-refractivity contribution in [1.29, 1.82) is 0 Å². The van der Waals surface area contributed by atoms with E-state index in [4.69, 9.17) is 4.52 Å². The number of hydrogen-bond acceptors (Lipinski definition) is 5. The van der Waals surface area contributed by atoms with E-state index in [1.165, 1.54) is 0 Å². The van der Waals surface area contributed by atoms with Gasteiger partial charge in [0.1, 0.15) is 0 Å². The molecule has 2 heterocycles. The van der Waals surface area contributed by atoms with Gasteiger partial charge in [-0.1, -0.05) is 19.0 Å². The zero-order valence-corrected chi connectivity index (χ0v) is 11.1. The highest BCUT2D eigenvalue weighted by molar-refractivity contribution is 4.91. The Morgan fingerprint density at radius 1 is 1.53 bits per heavy atom. The molecule has 2 unspecified atom stereocenters. The Morgan fingerprint density at radius 2 is 2.29 bits per heavy atom. The monoisotopic (exact) mass is 238 g/mol. The van der Waals surface area contributed by atoms with Gasteiger partial charge in [0.15, 0.2) is 5.82 Å². The minimum atomic E-state index is 0.526. The Morgan fingerprint density at radius 3 is 2.88 bits per heavy atom. The fraction of sp³-hybridized carbons (Fsp3) is 0.833. The number of hydrogen-bond donors (Lipinski definition) is 1. The molecule has 5 heteroatoms. The van der Waals surface area contributed by atoms with Gasteiger partial charge in [-0.3, -0.25) is 4.90 Å². The fourth-order valence-corrected chi connectivity index (χ4v) is 2.43. The van der Waals surface area contributed by atoms with Crippen LogP contribution in [0.1, 0.15) is 32.5 Å². The van der Waals surface area contributed by atoms with Gasteiger partial charge < -0.3 is 9.84 Å². The molecule has 1 saturated heterocycles. The minimum Gasteiger partial charge on any atom is -0.340 e. The number of rotatable bonds is 3. The molecule has 1 N–H and O–H groups in total. The quantitative estimate of drug-likeness (QED) is 0.857. The summed E-state index contributed by atoms with van der Waals surface area (Å²) in [7, 11) is 0. The van der Waals surface area contributed by atoms with Crippen molar-refractivity contribution in [2.24, 2.45) is 5.92 Å². The van der Waals surface area contributed by atoms with Gasteiger partial charge in [-0.05, 0) is 12.8 Å². The Balaban J connectivity index is 2.04. The second-order valence-corrected chi connectivity index (χ2v) is 5.28. The van der Waals surface area contributed by atoms with Crippen molar-refractivity contribution in [3.05, 3.63) is 11.7 Å². The van der Waals surface area contributed by atoms with Gasteiger partial charge in [0.25, 0.3) is 0 Å². The Bertz CT molecular complexity index is 363. The SMILES string of the molecule is Cc1nc(CN2CC(C)NCC2C(C)C)no1. The number of nitrogens with one attached hydrogen (secondary N) is 1. The van der Waals surface area contributed by atoms with Crippen molar-refractivity contribution in [2.75, 3.05) is 13.1 Å². The lowest BCUT2D eigenvalue weighted by Crippen LogP contribution is -2.56. The molecule has 1 fully saturated rings. The first-order valence-corrected chi connectivity index (χ1v) is 6.33. The molecule has 2 rings (SSSR count). The van der Waals surface area contributed by atoms with E-state index in [9.17, 15) is 0 Å². The van der Waals surface area contributed by atoms with E-state index in [-0.39, 0.29) is 0 Å². The molecule has 17 heavy (non-hydrogen) atoms. The van der Waals surface area contributed by atoms with Gasteiger partial charge in [-0.25, -0.2) is 0 Å². The van der Waals surface area contributed by atoms with Crippen molar-refractivity contribution >= 4 is 0 Å². The van der Waals surface area contributed by atoms with Crippen LogP contribution in [0.25, 0.3) is 0 Å². The van der Waals surface area contributed by atoms with Crippen LogP contribution in [0.3, 0.4) is 0 Å². The lowest BCUT2D eigenvalue weighted by molar-refractivity contribution is 0.0920. The Hall–Kier alpha value is -0.940. The first-order chi connectivity index (χ1) is 8.06. The molecule has 1 aliphatic heterocycles. The van der Waals surface area contributed by atoms with E-state index in [1.54, 1.807) is 0 Å². The lowest BCUT2D eigenvalue weighted by atomic mass is 9.99. The molecule has 1 aromatic rings. The maximum Gasteiger partial charge on any atom is 0.223 e. The number of nitrogens with zero attached hydrogens (tertiary/aromatic N) is 3. The zero-order chi connectivity index (χ0) is 12.4. The number of piperazine rings is 1. The molecule has 1 aliphatic rings. The van der Waals surface area contributed by atoms with Crippen LogP contribution in [0.5, 0.6) is 0 Å². The summed E-state index contributed by atoms with van der Waals surface area (Å²) in [6.45, 7) is 11.4. The minimum absolute atomic E-state index is 0.526. The van der Waals surface area contributed by atoms with Gasteiger partial charge in [0.05, 0.1) is 6.54 Å². The summed E-state index contributed by atoms with van der Waals surface area (Å²) in [6, 6.07) is 1.07. The van der Waals surface area contributed by atoms with Crippen LogP contribution in [0.4, 0.5) is 0 Å². The average molecular weight is 238 g/mol. The third-order valence-corrected chi connectivity index (χ3v) is 3.34. The van der Waals surface area contributed by atoms with Crippen molar-refractivity contribution in [1.82, 2.24) is 20.4 Å². The topological polar surface area (TPSA) is 54.2 Å². The van der Waals surface area contributed by atoms with Crippen molar-refractivity contribution in [2.45, 2.75) is 46.3 Å². The van der Waals surface area contributed by atoms with Crippen molar-refractivity contribution in [3.8, 4) is 0 Å². The third-order valence-electron chi connectivity index (χ3n) is 3.34. The molecule has 0 aromatic carbocycles. The first kappa shape index (κ1) is 12.5. The average Bonchev–Trinajstić information content (AvgIpc) is 2.63. The summed E-state index contributed by atoms with van der Waals surface area (Å²) in [5, 5.41) is 7.51. The van der Waals surface area contributed by atoms with Crippen LogP contribution in [0, 0.1) is 12.8 Å². The zero-order valence-electron chi connectivity index (χ0n) is 11.1. The van der Waals surface area contributed by atoms with E-state index in [2.05, 4.69) is 41.1 Å². The maximum atomic E-state index is 5.03. The second-order valence-electron chi connectivity index (χ2n) is 5.28. The molecule has 0 amide bonds. The molecular weight excluding hydrogens is 216 g/mol. The fourth-order valence-electron chi connectivity index (χ4n) is 2.43. The molecule has 1 aromatic heterocycles. The summed E-state index contributed by atoms with van der Waals surface area (Å²) >= 11 is 0. The molecule has 2 atom stereocenters. The lowest BCUT2D eigenvalue weighted by Gasteiger charge is -2.40. The van der Waals surface area contributed by atoms with Crippen LogP contribution in [0.15, 0.2) is 4.52 Å². The van der Waals surface area contributed by atoms with E-state index in [0.717, 1.165) is 25.5 Å². The van der Waals surface area contributed by atoms with Crippen LogP contribution in [-0.2, 0) is 6.54 Å². The Kier molecular flexibility index (Phi) is 3.79. The normalized spacial score (nSPS) is 26.6. The summed E-state index contributed by atoms with van der Waals surface area (Å²) in [4.78, 5) is 6.74. The van der Waals surface area contributed by atoms with Crippen LogP contribution < -0.4 is 5.32 Å². The maximum absolute atomic E-state index is 5.03. The summed E-state index contributed by atoms with van der Waals surface area (Å²) in [6.07, 6.45) is 0. The predicted molar refractivity (Wildman–Crippen MR) is 65.5 cm³/mol. The van der Waals surface area contributed by atoms with Gasteiger partial charge in [-0.15, -0.1) is 0 Å². The number of aryl methyl sites for hydroxylation is 1. The van der Waals surface area contributed by atoms with E-state index >= 15 is 0 Å². The molecule has 0 bridgehead atoms. The molecular formula is C12H22N4O. The summed E-state index contributed by atoms with van der Waals surface area (Å²) in [5.41, 5.74) is 0. The van der Waals surface area contributed by atoms with E-state index < -0.39 is 0 Å². The van der Waals surface area contributed by atoms with Crippen molar-refractivity contribution < 1.29 is 4.52 Å². The van der Waals surface area contributed by atoms with Crippen LogP contribution in [0.2, 0.25) is 0 Å². The van der Waals surface area contributed by atoms with Gasteiger partial charge in [-0.2, -0.15) is 4.98 Å². The standard InChI is InChI=1S/C12H22N4O/c1-8(2)11-5-13-9(3)6-16(11)7-12-14-10(4)17-15-12/h8-9,11,13H,5-7H2,1-4H3. The molecule has 0 saturated carbocycles. The largest absolute Gasteiger partial charge is 0.340 e. The molecule has 0 radical (unpaired) electrons. The second kappa shape index (κ2) is 5.14. The predicted octanol–water partition coefficient (Wildman–Crippen LogP) is 1.20. The highest BCUT2D eigenvalue weighted by Crippen LogP contribution is 2.17. The number of aromatic nitrogens is 2. The van der Waals surface area contributed by atoms with Gasteiger partial charge in [0, 0.05) is 32.1 Å². The summed E-state index contributed by atoms with van der Waals surface area (Å²) < 4.78 is 5.03. The van der Waals surface area contributed by atoms with Gasteiger partial charge >= 0.3 is 0 Å². The molecule has 0 aliphatic carbocycles. The molecule has 0 spiro atoms. The smallest absolute Gasteiger partial charge is 0.223 e. The first-order valence-electron chi connectivity index (χ1n) is 6.33. The molecule has 5 nitrogen and oxygen atoms in total. The summed E-state index contributed by atoms with van der Waals surface area (Å²) in [5.74, 6) is 2.06. The Labute approximate surface area is 103 Å². The highest BCUT2D eigenvalue weighted by atomic mass is 16.5. The van der Waals surface area contributed by atoms with Crippen molar-refractivity contribution in [3.63, 3.8) is 0 Å².